The Kier molecular flexibility index (Phi) is 8.76. The first-order chi connectivity index (χ1) is 17.0. The fraction of sp³-hybridized carbons (Fsp3) is 0.0417. The molecule has 8 nitrogen and oxygen atoms in total. The third kappa shape index (κ3) is 7.08. The molecule has 0 spiro atoms. The van der Waals surface area contributed by atoms with E-state index in [9.17, 15) is 23.3 Å². The Labute approximate surface area is 225 Å². The van der Waals surface area contributed by atoms with Gasteiger partial charge in [-0.25, -0.2) is 0 Å². The molecule has 0 unspecified atom stereocenters. The van der Waals surface area contributed by atoms with E-state index in [0.29, 0.717) is 16.3 Å². The molecule has 0 aliphatic heterocycles. The molecule has 0 aliphatic carbocycles. The van der Waals surface area contributed by atoms with E-state index < -0.39 is 16.0 Å². The summed E-state index contributed by atoms with van der Waals surface area (Å²) in [6.45, 7) is 1.34. The van der Waals surface area contributed by atoms with Crippen LogP contribution in [-0.2, 0) is 19.7 Å². The van der Waals surface area contributed by atoms with Crippen LogP contribution < -0.4 is 14.8 Å². The van der Waals surface area contributed by atoms with Gasteiger partial charge in [-0.15, -0.1) is 0 Å². The number of hydrogen-bond acceptors (Lipinski definition) is 6. The van der Waals surface area contributed by atoms with Crippen LogP contribution in [0.2, 0.25) is 10.0 Å². The molecule has 0 heterocycles. The third-order valence-electron chi connectivity index (χ3n) is 4.47. The second-order valence-corrected chi connectivity index (χ2v) is 10.4. The van der Waals surface area contributed by atoms with Crippen LogP contribution in [0.15, 0.2) is 75.6 Å². The van der Waals surface area contributed by atoms with Crippen molar-refractivity contribution in [2.45, 2.75) is 11.8 Å². The Morgan fingerprint density at radius 3 is 2.33 bits per heavy atom. The smallest absolute Gasteiger partial charge is 0.339 e. The highest BCUT2D eigenvalue weighted by Crippen LogP contribution is 2.30. The zero-order valence-electron chi connectivity index (χ0n) is 18.4. The normalized spacial score (nSPS) is 11.4. The highest BCUT2D eigenvalue weighted by Gasteiger charge is 2.19. The number of amides is 2. The Hall–Kier alpha value is -3.36. The zero-order valence-corrected chi connectivity index (χ0v) is 22.3. The molecular weight excluding hydrogens is 593 g/mol. The monoisotopic (exact) mass is 607 g/mol. The van der Waals surface area contributed by atoms with Gasteiger partial charge >= 0.3 is 10.1 Å². The first-order valence-electron chi connectivity index (χ1n) is 9.98. The minimum absolute atomic E-state index is 0.00763. The summed E-state index contributed by atoms with van der Waals surface area (Å²) in [7, 11) is -4.18. The van der Waals surface area contributed by atoms with Crippen LogP contribution in [0, 0.1) is 11.3 Å². The molecule has 3 aromatic rings. The van der Waals surface area contributed by atoms with Gasteiger partial charge in [0.15, 0.2) is 5.75 Å². The molecule has 3 rings (SSSR count). The molecule has 2 amide bonds. The van der Waals surface area contributed by atoms with Gasteiger partial charge in [-0.2, -0.15) is 13.7 Å². The van der Waals surface area contributed by atoms with Crippen molar-refractivity contribution in [3.05, 3.63) is 86.3 Å². The molecule has 36 heavy (non-hydrogen) atoms. The number of carbonyl (C=O) groups excluding carboxylic acids is 2. The van der Waals surface area contributed by atoms with E-state index in [2.05, 4.69) is 26.6 Å². The lowest BCUT2D eigenvalue weighted by Gasteiger charge is -2.10. The average molecular weight is 609 g/mol. The summed E-state index contributed by atoms with van der Waals surface area (Å²) < 4.78 is 30.8. The minimum atomic E-state index is -4.18. The predicted molar refractivity (Wildman–Crippen MR) is 141 cm³/mol. The van der Waals surface area contributed by atoms with Crippen LogP contribution in [0.1, 0.15) is 12.5 Å². The highest BCUT2D eigenvalue weighted by molar-refractivity contribution is 9.10. The number of nitriles is 1. The summed E-state index contributed by atoms with van der Waals surface area (Å²) in [5, 5.41) is 15.1. The largest absolute Gasteiger partial charge is 0.378 e. The molecule has 0 fully saturated rings. The molecule has 0 atom stereocenters. The van der Waals surface area contributed by atoms with E-state index >= 15 is 0 Å². The Morgan fingerprint density at radius 2 is 1.72 bits per heavy atom. The van der Waals surface area contributed by atoms with Gasteiger partial charge in [0.05, 0.1) is 15.2 Å². The summed E-state index contributed by atoms with van der Waals surface area (Å²) >= 11 is 15.2. The van der Waals surface area contributed by atoms with Crippen molar-refractivity contribution >= 4 is 78.5 Å². The first kappa shape index (κ1) is 27.2. The molecular formula is C24H16BrCl2N3O5S. The van der Waals surface area contributed by atoms with Gasteiger partial charge in [0, 0.05) is 17.6 Å². The molecule has 0 saturated carbocycles. The van der Waals surface area contributed by atoms with E-state index in [1.807, 2.05) is 6.07 Å². The van der Waals surface area contributed by atoms with E-state index in [1.165, 1.54) is 67.6 Å². The lowest BCUT2D eigenvalue weighted by atomic mass is 10.1. The van der Waals surface area contributed by atoms with Gasteiger partial charge in [0.1, 0.15) is 16.5 Å². The number of carbonyl (C=O) groups is 2. The minimum Gasteiger partial charge on any atom is -0.378 e. The molecule has 0 bridgehead atoms. The Bertz CT molecular complexity index is 1520. The highest BCUT2D eigenvalue weighted by atomic mass is 79.9. The number of hydrogen-bond donors (Lipinski definition) is 2. The molecule has 0 aliphatic rings. The van der Waals surface area contributed by atoms with Crippen LogP contribution in [0.25, 0.3) is 6.08 Å². The molecule has 2 N–H and O–H groups in total. The van der Waals surface area contributed by atoms with Crippen LogP contribution in [-0.4, -0.2) is 20.2 Å². The molecule has 184 valence electrons. The number of halogens is 3. The van der Waals surface area contributed by atoms with Gasteiger partial charge in [0.2, 0.25) is 5.91 Å². The number of nitrogens with one attached hydrogen (secondary N) is 2. The van der Waals surface area contributed by atoms with E-state index in [1.54, 1.807) is 6.07 Å². The standard InChI is InChI=1S/C24H16BrCl2N3O5S/c1-14(31)29-18-4-6-19(7-5-18)36(33,34)35-23-9-2-15(11-20(23)25)10-16(13-28)24(32)30-22-12-17(26)3-8-21(22)27/h2-12H,1H3,(H,29,31)(H,30,32)/b16-10+. The van der Waals surface area contributed by atoms with Crippen molar-refractivity contribution < 1.29 is 22.2 Å². The second-order valence-electron chi connectivity index (χ2n) is 7.18. The predicted octanol–water partition coefficient (Wildman–Crippen LogP) is 6.03. The number of nitrogens with zero attached hydrogens (tertiary/aromatic N) is 1. The first-order valence-corrected chi connectivity index (χ1v) is 12.9. The fourth-order valence-electron chi connectivity index (χ4n) is 2.85. The average Bonchev–Trinajstić information content (AvgIpc) is 2.81. The van der Waals surface area contributed by atoms with Crippen molar-refractivity contribution in [1.82, 2.24) is 0 Å². The van der Waals surface area contributed by atoms with Crippen LogP contribution in [0.3, 0.4) is 0 Å². The summed E-state index contributed by atoms with van der Waals surface area (Å²) in [6.07, 6.45) is 1.32. The van der Waals surface area contributed by atoms with Crippen molar-refractivity contribution in [2.24, 2.45) is 0 Å². The maximum atomic E-state index is 12.7. The second kappa shape index (κ2) is 11.6. The van der Waals surface area contributed by atoms with Crippen molar-refractivity contribution in [3.63, 3.8) is 0 Å². The molecule has 0 aromatic heterocycles. The number of anilines is 2. The summed E-state index contributed by atoms with van der Waals surface area (Å²) in [5.74, 6) is -1.000. The lowest BCUT2D eigenvalue weighted by molar-refractivity contribution is -0.114. The van der Waals surface area contributed by atoms with Crippen molar-refractivity contribution in [1.29, 1.82) is 5.26 Å². The van der Waals surface area contributed by atoms with E-state index in [-0.39, 0.29) is 37.3 Å². The summed E-state index contributed by atoms with van der Waals surface area (Å²) in [4.78, 5) is 23.6. The van der Waals surface area contributed by atoms with E-state index in [0.717, 1.165) is 0 Å². The Balaban J connectivity index is 1.78. The lowest BCUT2D eigenvalue weighted by Crippen LogP contribution is -2.13. The molecule has 0 radical (unpaired) electrons. The topological polar surface area (TPSA) is 125 Å². The quantitative estimate of drug-likeness (QED) is 0.192. The maximum Gasteiger partial charge on any atom is 0.339 e. The van der Waals surface area contributed by atoms with Crippen molar-refractivity contribution in [3.8, 4) is 11.8 Å². The number of rotatable bonds is 7. The summed E-state index contributed by atoms with van der Waals surface area (Å²) in [6, 6.07) is 16.2. The van der Waals surface area contributed by atoms with Gasteiger partial charge in [0.25, 0.3) is 5.91 Å². The molecule has 0 saturated heterocycles. The van der Waals surface area contributed by atoms with Gasteiger partial charge in [-0.05, 0) is 82.2 Å². The fourth-order valence-corrected chi connectivity index (χ4v) is 4.72. The van der Waals surface area contributed by atoms with Crippen LogP contribution >= 0.6 is 39.1 Å². The third-order valence-corrected chi connectivity index (χ3v) is 6.90. The zero-order chi connectivity index (χ0) is 26.5. The maximum absolute atomic E-state index is 12.7. The van der Waals surface area contributed by atoms with Crippen molar-refractivity contribution in [2.75, 3.05) is 10.6 Å². The van der Waals surface area contributed by atoms with E-state index in [4.69, 9.17) is 27.4 Å². The van der Waals surface area contributed by atoms with Gasteiger partial charge in [-0.1, -0.05) is 29.3 Å². The SMILES string of the molecule is CC(=O)Nc1ccc(S(=O)(=O)Oc2ccc(/C=C(\C#N)C(=O)Nc3cc(Cl)ccc3Cl)cc2Br)cc1. The van der Waals surface area contributed by atoms with Crippen LogP contribution in [0.4, 0.5) is 11.4 Å². The van der Waals surface area contributed by atoms with Gasteiger partial charge < -0.3 is 14.8 Å². The Morgan fingerprint density at radius 1 is 1.03 bits per heavy atom. The summed E-state index contributed by atoms with van der Waals surface area (Å²) in [5.41, 5.74) is 0.887. The van der Waals surface area contributed by atoms with Gasteiger partial charge in [-0.3, -0.25) is 9.59 Å². The molecule has 12 heteroatoms. The van der Waals surface area contributed by atoms with Crippen LogP contribution in [0.5, 0.6) is 5.75 Å². The number of benzene rings is 3. The molecule has 3 aromatic carbocycles.